The van der Waals surface area contributed by atoms with Crippen molar-refractivity contribution in [3.8, 4) is 0 Å². The quantitative estimate of drug-likeness (QED) is 0.457. The predicted octanol–water partition coefficient (Wildman–Crippen LogP) is 3.06. The van der Waals surface area contributed by atoms with Crippen LogP contribution in [0.2, 0.25) is 0 Å². The predicted molar refractivity (Wildman–Crippen MR) is 54.1 cm³/mol. The second-order valence-corrected chi connectivity index (χ2v) is 2.83. The zero-order chi connectivity index (χ0) is 9.07. The Morgan fingerprint density at radius 3 is 2.25 bits per heavy atom. The van der Waals surface area contributed by atoms with Gasteiger partial charge in [-0.15, -0.1) is 0 Å². The molecule has 0 aliphatic heterocycles. The molecule has 0 unspecified atom stereocenters. The third-order valence-corrected chi connectivity index (χ3v) is 1.63. The smallest absolute Gasteiger partial charge is 0.0465 e. The third-order valence-electron chi connectivity index (χ3n) is 1.63. The first-order valence-corrected chi connectivity index (χ1v) is 4.82. The van der Waals surface area contributed by atoms with Gasteiger partial charge in [-0.1, -0.05) is 44.1 Å². The SMILES string of the molecule is CCCC/C=C/C/C=C/CCO. The van der Waals surface area contributed by atoms with E-state index in [0.717, 1.165) is 12.8 Å². The highest BCUT2D eigenvalue weighted by atomic mass is 16.2. The van der Waals surface area contributed by atoms with Crippen LogP contribution in [-0.4, -0.2) is 11.7 Å². The van der Waals surface area contributed by atoms with Crippen molar-refractivity contribution in [1.82, 2.24) is 0 Å². The van der Waals surface area contributed by atoms with Crippen LogP contribution >= 0.6 is 0 Å². The Morgan fingerprint density at radius 2 is 1.67 bits per heavy atom. The molecule has 0 bridgehead atoms. The van der Waals surface area contributed by atoms with Crippen LogP contribution in [-0.2, 0) is 0 Å². The van der Waals surface area contributed by atoms with Crippen molar-refractivity contribution in [2.75, 3.05) is 6.61 Å². The molecule has 1 N–H and O–H groups in total. The Hall–Kier alpha value is -0.560. The van der Waals surface area contributed by atoms with Gasteiger partial charge in [-0.05, 0) is 19.3 Å². The lowest BCUT2D eigenvalue weighted by molar-refractivity contribution is 0.302. The number of aliphatic hydroxyl groups is 1. The summed E-state index contributed by atoms with van der Waals surface area (Å²) in [5.74, 6) is 0. The standard InChI is InChI=1S/C11H20O/c1-2-3-4-5-6-7-8-9-10-11-12/h5-6,8-9,12H,2-4,7,10-11H2,1H3/b6-5+,9-8+. The molecule has 0 radical (unpaired) electrons. The zero-order valence-electron chi connectivity index (χ0n) is 8.00. The fraction of sp³-hybridized carbons (Fsp3) is 0.636. The lowest BCUT2D eigenvalue weighted by atomic mass is 10.2. The van der Waals surface area contributed by atoms with E-state index in [-0.39, 0.29) is 6.61 Å². The van der Waals surface area contributed by atoms with E-state index in [9.17, 15) is 0 Å². The summed E-state index contributed by atoms with van der Waals surface area (Å²) in [5, 5.41) is 8.47. The molecule has 0 spiro atoms. The van der Waals surface area contributed by atoms with Gasteiger partial charge in [0.2, 0.25) is 0 Å². The van der Waals surface area contributed by atoms with E-state index in [2.05, 4.69) is 25.2 Å². The summed E-state index contributed by atoms with van der Waals surface area (Å²) in [6, 6.07) is 0. The van der Waals surface area contributed by atoms with Crippen molar-refractivity contribution >= 4 is 0 Å². The van der Waals surface area contributed by atoms with Gasteiger partial charge in [0.25, 0.3) is 0 Å². The number of rotatable bonds is 7. The molecule has 0 fully saturated rings. The van der Waals surface area contributed by atoms with Crippen molar-refractivity contribution in [2.24, 2.45) is 0 Å². The number of aliphatic hydroxyl groups excluding tert-OH is 1. The molecular formula is C11H20O. The molecule has 0 aromatic rings. The van der Waals surface area contributed by atoms with Crippen LogP contribution < -0.4 is 0 Å². The molecule has 0 aliphatic rings. The van der Waals surface area contributed by atoms with Crippen LogP contribution in [0.1, 0.15) is 39.0 Å². The Labute approximate surface area is 75.8 Å². The maximum absolute atomic E-state index is 8.47. The van der Waals surface area contributed by atoms with E-state index in [1.807, 2.05) is 6.08 Å². The van der Waals surface area contributed by atoms with Gasteiger partial charge in [0, 0.05) is 6.61 Å². The van der Waals surface area contributed by atoms with E-state index in [4.69, 9.17) is 5.11 Å². The second-order valence-electron chi connectivity index (χ2n) is 2.83. The summed E-state index contributed by atoms with van der Waals surface area (Å²) in [4.78, 5) is 0. The Balaban J connectivity index is 3.12. The molecule has 0 aliphatic carbocycles. The van der Waals surface area contributed by atoms with Crippen LogP contribution in [0.25, 0.3) is 0 Å². The summed E-state index contributed by atoms with van der Waals surface area (Å²) in [7, 11) is 0. The maximum Gasteiger partial charge on any atom is 0.0465 e. The summed E-state index contributed by atoms with van der Waals surface area (Å²) in [5.41, 5.74) is 0. The van der Waals surface area contributed by atoms with E-state index >= 15 is 0 Å². The van der Waals surface area contributed by atoms with Gasteiger partial charge in [-0.2, -0.15) is 0 Å². The van der Waals surface area contributed by atoms with Crippen molar-refractivity contribution in [3.63, 3.8) is 0 Å². The first-order chi connectivity index (χ1) is 5.91. The summed E-state index contributed by atoms with van der Waals surface area (Å²) < 4.78 is 0. The topological polar surface area (TPSA) is 20.2 Å². The molecular weight excluding hydrogens is 148 g/mol. The fourth-order valence-electron chi connectivity index (χ4n) is 0.903. The van der Waals surface area contributed by atoms with Gasteiger partial charge in [0.05, 0.1) is 0 Å². The number of unbranched alkanes of at least 4 members (excludes halogenated alkanes) is 2. The van der Waals surface area contributed by atoms with Gasteiger partial charge in [0.15, 0.2) is 0 Å². The molecule has 0 heterocycles. The van der Waals surface area contributed by atoms with Crippen molar-refractivity contribution in [1.29, 1.82) is 0 Å². The molecule has 1 heteroatoms. The minimum Gasteiger partial charge on any atom is -0.396 e. The van der Waals surface area contributed by atoms with E-state index in [1.165, 1.54) is 19.3 Å². The summed E-state index contributed by atoms with van der Waals surface area (Å²) >= 11 is 0. The van der Waals surface area contributed by atoms with Gasteiger partial charge in [0.1, 0.15) is 0 Å². The Kier molecular flexibility index (Phi) is 9.95. The van der Waals surface area contributed by atoms with Crippen LogP contribution in [0.5, 0.6) is 0 Å². The van der Waals surface area contributed by atoms with Crippen LogP contribution in [0.3, 0.4) is 0 Å². The Bertz CT molecular complexity index is 125. The average Bonchev–Trinajstić information content (AvgIpc) is 2.10. The normalized spacial score (nSPS) is 11.8. The molecule has 1 nitrogen and oxygen atoms in total. The van der Waals surface area contributed by atoms with Crippen molar-refractivity contribution < 1.29 is 5.11 Å². The zero-order valence-corrected chi connectivity index (χ0v) is 8.00. The summed E-state index contributed by atoms with van der Waals surface area (Å²) in [6.45, 7) is 2.46. The van der Waals surface area contributed by atoms with Gasteiger partial charge in [-0.3, -0.25) is 0 Å². The minimum atomic E-state index is 0.260. The van der Waals surface area contributed by atoms with Gasteiger partial charge in [-0.25, -0.2) is 0 Å². The van der Waals surface area contributed by atoms with Gasteiger partial charge < -0.3 is 5.11 Å². The molecule has 0 amide bonds. The second kappa shape index (κ2) is 10.4. The van der Waals surface area contributed by atoms with Crippen LogP contribution in [0, 0.1) is 0 Å². The number of hydrogen-bond acceptors (Lipinski definition) is 1. The monoisotopic (exact) mass is 168 g/mol. The molecule has 70 valence electrons. The average molecular weight is 168 g/mol. The first-order valence-electron chi connectivity index (χ1n) is 4.82. The Morgan fingerprint density at radius 1 is 1.00 bits per heavy atom. The van der Waals surface area contributed by atoms with Crippen molar-refractivity contribution in [3.05, 3.63) is 24.3 Å². The van der Waals surface area contributed by atoms with E-state index < -0.39 is 0 Å². The molecule has 0 saturated heterocycles. The minimum absolute atomic E-state index is 0.260. The molecule has 0 aromatic heterocycles. The van der Waals surface area contributed by atoms with E-state index in [0.29, 0.717) is 0 Å². The molecule has 0 saturated carbocycles. The van der Waals surface area contributed by atoms with Crippen molar-refractivity contribution in [2.45, 2.75) is 39.0 Å². The highest BCUT2D eigenvalue weighted by molar-refractivity contribution is 4.92. The number of hydrogen-bond donors (Lipinski definition) is 1. The molecule has 0 atom stereocenters. The molecule has 0 aromatic carbocycles. The largest absolute Gasteiger partial charge is 0.396 e. The lowest BCUT2D eigenvalue weighted by Crippen LogP contribution is -1.74. The third kappa shape index (κ3) is 9.44. The van der Waals surface area contributed by atoms with E-state index in [1.54, 1.807) is 0 Å². The summed E-state index contributed by atoms with van der Waals surface area (Å²) in [6.07, 6.45) is 14.1. The van der Waals surface area contributed by atoms with Crippen LogP contribution in [0.4, 0.5) is 0 Å². The first kappa shape index (κ1) is 11.4. The fourth-order valence-corrected chi connectivity index (χ4v) is 0.903. The van der Waals surface area contributed by atoms with Gasteiger partial charge >= 0.3 is 0 Å². The molecule has 0 rings (SSSR count). The highest BCUT2D eigenvalue weighted by Gasteiger charge is 1.77. The van der Waals surface area contributed by atoms with Crippen LogP contribution in [0.15, 0.2) is 24.3 Å². The molecule has 12 heavy (non-hydrogen) atoms. The lowest BCUT2D eigenvalue weighted by Gasteiger charge is -1.87. The number of allylic oxidation sites excluding steroid dienone is 3. The highest BCUT2D eigenvalue weighted by Crippen LogP contribution is 1.96. The maximum atomic E-state index is 8.47.